The van der Waals surface area contributed by atoms with Gasteiger partial charge in [0.1, 0.15) is 5.75 Å². The average molecular weight is 299 g/mol. The normalized spacial score (nSPS) is 23.1. The van der Waals surface area contributed by atoms with Crippen LogP contribution in [0.3, 0.4) is 0 Å². The molecule has 1 aliphatic carbocycles. The topological polar surface area (TPSA) is 58.6 Å². The van der Waals surface area contributed by atoms with Crippen LogP contribution in [-0.2, 0) is 4.79 Å². The minimum absolute atomic E-state index is 0.0597. The Morgan fingerprint density at radius 3 is 2.81 bits per heavy atom. The molecule has 1 fully saturated rings. The number of ether oxygens (including phenoxy) is 1. The van der Waals surface area contributed by atoms with Crippen molar-refractivity contribution in [3.8, 4) is 5.75 Å². The number of carbonyl (C=O) groups excluding carboxylic acids is 1. The lowest BCUT2D eigenvalue weighted by atomic mass is 10.0. The largest absolute Gasteiger partial charge is 0.435 e. The fourth-order valence-electron chi connectivity index (χ4n) is 2.61. The lowest BCUT2D eigenvalue weighted by Crippen LogP contribution is -2.36. The molecule has 1 saturated carbocycles. The highest BCUT2D eigenvalue weighted by molar-refractivity contribution is 5.80. The Morgan fingerprint density at radius 1 is 1.43 bits per heavy atom. The molecular formula is C15H19F2NO3. The third kappa shape index (κ3) is 4.14. The third-order valence-corrected chi connectivity index (χ3v) is 3.76. The van der Waals surface area contributed by atoms with Crippen LogP contribution in [0.2, 0.25) is 0 Å². The van der Waals surface area contributed by atoms with Gasteiger partial charge in [0.15, 0.2) is 0 Å². The van der Waals surface area contributed by atoms with Crippen LogP contribution in [0.15, 0.2) is 24.3 Å². The van der Waals surface area contributed by atoms with E-state index in [1.807, 2.05) is 0 Å². The quantitative estimate of drug-likeness (QED) is 0.878. The highest BCUT2D eigenvalue weighted by Crippen LogP contribution is 2.27. The van der Waals surface area contributed by atoms with E-state index >= 15 is 0 Å². The lowest BCUT2D eigenvalue weighted by molar-refractivity contribution is -0.128. The van der Waals surface area contributed by atoms with E-state index in [-0.39, 0.29) is 23.6 Å². The predicted molar refractivity (Wildman–Crippen MR) is 73.0 cm³/mol. The van der Waals surface area contributed by atoms with Crippen LogP contribution < -0.4 is 10.1 Å². The first kappa shape index (κ1) is 15.7. The zero-order chi connectivity index (χ0) is 15.4. The fraction of sp³-hybridized carbons (Fsp3) is 0.533. The van der Waals surface area contributed by atoms with E-state index in [9.17, 15) is 18.7 Å². The van der Waals surface area contributed by atoms with Crippen LogP contribution in [0.5, 0.6) is 5.75 Å². The van der Waals surface area contributed by atoms with Gasteiger partial charge in [-0.2, -0.15) is 8.78 Å². The maximum Gasteiger partial charge on any atom is 0.387 e. The molecule has 1 aromatic rings. The van der Waals surface area contributed by atoms with Crippen LogP contribution in [0.4, 0.5) is 8.78 Å². The maximum atomic E-state index is 12.2. The summed E-state index contributed by atoms with van der Waals surface area (Å²) in [6, 6.07) is 5.90. The van der Waals surface area contributed by atoms with Gasteiger partial charge in [0, 0.05) is 0 Å². The highest BCUT2D eigenvalue weighted by Gasteiger charge is 2.32. The molecule has 2 rings (SSSR count). The molecule has 0 bridgehead atoms. The highest BCUT2D eigenvalue weighted by atomic mass is 19.3. The zero-order valence-corrected chi connectivity index (χ0v) is 11.8. The third-order valence-electron chi connectivity index (χ3n) is 3.76. The molecule has 3 unspecified atom stereocenters. The van der Waals surface area contributed by atoms with Crippen molar-refractivity contribution in [2.45, 2.75) is 44.9 Å². The number of benzene rings is 1. The smallest absolute Gasteiger partial charge is 0.387 e. The lowest BCUT2D eigenvalue weighted by Gasteiger charge is -2.20. The van der Waals surface area contributed by atoms with Crippen molar-refractivity contribution in [3.63, 3.8) is 0 Å². The second-order valence-electron chi connectivity index (χ2n) is 5.29. The number of hydrogen-bond donors (Lipinski definition) is 2. The van der Waals surface area contributed by atoms with Crippen molar-refractivity contribution in [2.24, 2.45) is 5.92 Å². The first-order chi connectivity index (χ1) is 9.97. The minimum Gasteiger partial charge on any atom is -0.435 e. The molecule has 0 saturated heterocycles. The number of nitrogens with one attached hydrogen (secondary N) is 1. The Kier molecular flexibility index (Phi) is 5.12. The molecule has 6 heteroatoms. The molecule has 1 aliphatic rings. The number of aliphatic hydroxyl groups excluding tert-OH is 1. The average Bonchev–Trinajstić information content (AvgIpc) is 2.84. The fourth-order valence-corrected chi connectivity index (χ4v) is 2.61. The Bertz CT molecular complexity index is 496. The summed E-state index contributed by atoms with van der Waals surface area (Å²) in [5.41, 5.74) is 0.675. The molecule has 116 valence electrons. The first-order valence-electron chi connectivity index (χ1n) is 7.00. The van der Waals surface area contributed by atoms with Gasteiger partial charge in [-0.25, -0.2) is 0 Å². The molecule has 0 aliphatic heterocycles. The van der Waals surface area contributed by atoms with Crippen molar-refractivity contribution in [1.29, 1.82) is 0 Å². The Labute approximate surface area is 122 Å². The van der Waals surface area contributed by atoms with Crippen LogP contribution in [0, 0.1) is 5.92 Å². The SMILES string of the molecule is CC(NC(=O)C1CCCC1O)c1cccc(OC(F)F)c1. The molecule has 1 amide bonds. The summed E-state index contributed by atoms with van der Waals surface area (Å²) in [6.45, 7) is -1.11. The molecule has 3 atom stereocenters. The van der Waals surface area contributed by atoms with E-state index in [0.717, 1.165) is 6.42 Å². The van der Waals surface area contributed by atoms with Gasteiger partial charge in [-0.3, -0.25) is 4.79 Å². The van der Waals surface area contributed by atoms with Crippen LogP contribution in [0.1, 0.15) is 37.8 Å². The summed E-state index contributed by atoms with van der Waals surface area (Å²) < 4.78 is 28.7. The maximum absolute atomic E-state index is 12.2. The zero-order valence-electron chi connectivity index (χ0n) is 11.8. The standard InChI is InChI=1S/C15H19F2NO3/c1-9(18-14(20)12-6-3-7-13(12)19)10-4-2-5-11(8-10)21-15(16)17/h2,4-5,8-9,12-13,15,19H,3,6-7H2,1H3,(H,18,20). The van der Waals surface area contributed by atoms with E-state index in [1.54, 1.807) is 19.1 Å². The Hall–Kier alpha value is -1.69. The van der Waals surface area contributed by atoms with Crippen molar-refractivity contribution in [1.82, 2.24) is 5.32 Å². The second-order valence-corrected chi connectivity index (χ2v) is 5.29. The summed E-state index contributed by atoms with van der Waals surface area (Å²) in [7, 11) is 0. The van der Waals surface area contributed by atoms with E-state index in [0.29, 0.717) is 18.4 Å². The van der Waals surface area contributed by atoms with Gasteiger partial charge in [0.2, 0.25) is 5.91 Å². The van der Waals surface area contributed by atoms with Gasteiger partial charge >= 0.3 is 6.61 Å². The van der Waals surface area contributed by atoms with Gasteiger partial charge in [-0.15, -0.1) is 0 Å². The Morgan fingerprint density at radius 2 is 2.19 bits per heavy atom. The molecule has 4 nitrogen and oxygen atoms in total. The van der Waals surface area contributed by atoms with E-state index in [2.05, 4.69) is 10.1 Å². The Balaban J connectivity index is 1.99. The van der Waals surface area contributed by atoms with Gasteiger partial charge < -0.3 is 15.2 Å². The summed E-state index contributed by atoms with van der Waals surface area (Å²) in [6.07, 6.45) is 1.56. The van der Waals surface area contributed by atoms with Crippen molar-refractivity contribution in [2.75, 3.05) is 0 Å². The molecular weight excluding hydrogens is 280 g/mol. The van der Waals surface area contributed by atoms with E-state index in [1.165, 1.54) is 12.1 Å². The number of halogens is 2. The molecule has 1 aromatic carbocycles. The second kappa shape index (κ2) is 6.85. The number of amides is 1. The first-order valence-corrected chi connectivity index (χ1v) is 7.00. The number of rotatable bonds is 5. The molecule has 21 heavy (non-hydrogen) atoms. The summed E-state index contributed by atoms with van der Waals surface area (Å²) in [5.74, 6) is -0.523. The molecule has 0 radical (unpaired) electrons. The van der Waals surface area contributed by atoms with Crippen molar-refractivity contribution in [3.05, 3.63) is 29.8 Å². The molecule has 0 heterocycles. The van der Waals surface area contributed by atoms with Crippen molar-refractivity contribution < 1.29 is 23.4 Å². The van der Waals surface area contributed by atoms with Gasteiger partial charge in [0.05, 0.1) is 18.1 Å². The number of aliphatic hydroxyl groups is 1. The summed E-state index contributed by atoms with van der Waals surface area (Å²) in [5, 5.41) is 12.5. The molecule has 2 N–H and O–H groups in total. The van der Waals surface area contributed by atoms with Crippen LogP contribution in [0.25, 0.3) is 0 Å². The summed E-state index contributed by atoms with van der Waals surface area (Å²) >= 11 is 0. The van der Waals surface area contributed by atoms with E-state index in [4.69, 9.17) is 0 Å². The predicted octanol–water partition coefficient (Wildman–Crippen LogP) is 2.63. The number of hydrogen-bond acceptors (Lipinski definition) is 3. The number of alkyl halides is 2. The minimum atomic E-state index is -2.88. The monoisotopic (exact) mass is 299 g/mol. The van der Waals surface area contributed by atoms with Gasteiger partial charge in [-0.05, 0) is 43.9 Å². The van der Waals surface area contributed by atoms with E-state index < -0.39 is 12.7 Å². The van der Waals surface area contributed by atoms with Crippen molar-refractivity contribution >= 4 is 5.91 Å². The molecule has 0 spiro atoms. The van der Waals surface area contributed by atoms with Gasteiger partial charge in [-0.1, -0.05) is 12.1 Å². The summed E-state index contributed by atoms with van der Waals surface area (Å²) in [4.78, 5) is 12.1. The van der Waals surface area contributed by atoms with Crippen LogP contribution in [-0.4, -0.2) is 23.7 Å². The van der Waals surface area contributed by atoms with Gasteiger partial charge in [0.25, 0.3) is 0 Å². The van der Waals surface area contributed by atoms with Crippen LogP contribution >= 0.6 is 0 Å². The number of carbonyl (C=O) groups is 1. The molecule has 0 aromatic heterocycles.